The van der Waals surface area contributed by atoms with Gasteiger partial charge in [-0.1, -0.05) is 42.5 Å². The highest BCUT2D eigenvalue weighted by molar-refractivity contribution is 8.93. The fraction of sp³-hybridized carbons (Fsp3) is 0.316. The minimum Gasteiger partial charge on any atom is -0.383 e. The summed E-state index contributed by atoms with van der Waals surface area (Å²) in [6.07, 6.45) is 2.65. The van der Waals surface area contributed by atoms with Gasteiger partial charge in [0, 0.05) is 12.3 Å². The molecule has 4 rings (SSSR count). The molecule has 0 radical (unpaired) electrons. The van der Waals surface area contributed by atoms with Gasteiger partial charge in [-0.15, -0.1) is 17.0 Å². The summed E-state index contributed by atoms with van der Waals surface area (Å²) >= 11 is 0. The monoisotopic (exact) mass is 388 g/mol. The van der Waals surface area contributed by atoms with Crippen molar-refractivity contribution in [2.24, 2.45) is 0 Å². The van der Waals surface area contributed by atoms with Crippen LogP contribution in [0, 0.1) is 0 Å². The highest BCUT2D eigenvalue weighted by Crippen LogP contribution is 2.29. The quantitative estimate of drug-likeness (QED) is 0.717. The molecule has 3 aromatic rings. The average molecular weight is 389 g/mol. The van der Waals surface area contributed by atoms with E-state index in [4.69, 9.17) is 4.52 Å². The third kappa shape index (κ3) is 3.19. The molecule has 5 heteroatoms. The Hall–Kier alpha value is -1.85. The van der Waals surface area contributed by atoms with Crippen molar-refractivity contribution >= 4 is 27.8 Å². The van der Waals surface area contributed by atoms with Gasteiger partial charge in [-0.05, 0) is 42.3 Å². The molecule has 4 nitrogen and oxygen atoms in total. The molecule has 126 valence electrons. The fourth-order valence-corrected chi connectivity index (χ4v) is 3.55. The second kappa shape index (κ2) is 7.36. The lowest BCUT2D eigenvalue weighted by Crippen LogP contribution is -2.27. The smallest absolute Gasteiger partial charge is 0.283 e. The van der Waals surface area contributed by atoms with Crippen molar-refractivity contribution in [3.63, 3.8) is 0 Å². The lowest BCUT2D eigenvalue weighted by atomic mass is 9.90. The van der Waals surface area contributed by atoms with Crippen LogP contribution in [0.4, 0.5) is 0 Å². The van der Waals surface area contributed by atoms with E-state index in [0.29, 0.717) is 12.3 Å². The predicted molar refractivity (Wildman–Crippen MR) is 101 cm³/mol. The van der Waals surface area contributed by atoms with Crippen molar-refractivity contribution in [3.8, 4) is 0 Å². The summed E-state index contributed by atoms with van der Waals surface area (Å²) in [7, 11) is 0. The van der Waals surface area contributed by atoms with E-state index in [1.807, 2.05) is 12.1 Å². The Morgan fingerprint density at radius 2 is 1.79 bits per heavy atom. The Kier molecular flexibility index (Phi) is 5.21. The molecule has 1 fully saturated rings. The Labute approximate surface area is 151 Å². The first-order valence-corrected chi connectivity index (χ1v) is 8.20. The summed E-state index contributed by atoms with van der Waals surface area (Å²) in [4.78, 5) is 12.3. The first-order chi connectivity index (χ1) is 11.3. The maximum Gasteiger partial charge on any atom is 0.283 e. The van der Waals surface area contributed by atoms with Gasteiger partial charge in [-0.25, -0.2) is 0 Å². The van der Waals surface area contributed by atoms with E-state index in [2.05, 4.69) is 40.8 Å². The number of rotatable bonds is 3. The van der Waals surface area contributed by atoms with Crippen molar-refractivity contribution in [2.45, 2.75) is 25.2 Å². The van der Waals surface area contributed by atoms with Crippen LogP contribution in [0.5, 0.6) is 0 Å². The number of fused-ring (bicyclic) bond motifs is 1. The van der Waals surface area contributed by atoms with Crippen LogP contribution in [0.1, 0.15) is 35.6 Å². The number of piperidine rings is 1. The minimum absolute atomic E-state index is 0. The van der Waals surface area contributed by atoms with Crippen LogP contribution in [0.3, 0.4) is 0 Å². The van der Waals surface area contributed by atoms with Crippen molar-refractivity contribution in [1.29, 1.82) is 0 Å². The standard InChI is InChI=1S/C19H20N2O2.BrH/c22-19-17(18(23-21-19)14-8-10-20-11-9-14)12-15-6-3-5-13-4-1-2-7-16(13)15;/h1-7,14,20H,8-12H2,(H,21,22);1H. The zero-order chi connectivity index (χ0) is 15.6. The molecule has 0 bridgehead atoms. The van der Waals surface area contributed by atoms with E-state index in [9.17, 15) is 4.79 Å². The molecule has 0 aliphatic carbocycles. The predicted octanol–water partition coefficient (Wildman–Crippen LogP) is 3.76. The molecule has 24 heavy (non-hydrogen) atoms. The maximum absolute atomic E-state index is 12.3. The first-order valence-electron chi connectivity index (χ1n) is 8.20. The molecule has 2 heterocycles. The molecule has 2 N–H and O–H groups in total. The van der Waals surface area contributed by atoms with Gasteiger partial charge in [0.25, 0.3) is 5.56 Å². The highest BCUT2D eigenvalue weighted by Gasteiger charge is 2.24. The van der Waals surface area contributed by atoms with Crippen LogP contribution in [0.2, 0.25) is 0 Å². The van der Waals surface area contributed by atoms with Crippen molar-refractivity contribution < 1.29 is 4.52 Å². The lowest BCUT2D eigenvalue weighted by Gasteiger charge is -2.21. The largest absolute Gasteiger partial charge is 0.383 e. The van der Waals surface area contributed by atoms with E-state index in [1.54, 1.807) is 0 Å². The number of nitrogens with one attached hydrogen (secondary N) is 2. The molecule has 0 spiro atoms. The molecule has 1 aromatic heterocycles. The third-order valence-corrected chi connectivity index (χ3v) is 4.78. The van der Waals surface area contributed by atoms with Crippen LogP contribution in [0.25, 0.3) is 10.8 Å². The van der Waals surface area contributed by atoms with Crippen molar-refractivity contribution in [3.05, 3.63) is 69.7 Å². The number of aromatic nitrogens is 1. The summed E-state index contributed by atoms with van der Waals surface area (Å²) in [5, 5.41) is 8.31. The Balaban J connectivity index is 0.00000169. The molecule has 2 aromatic carbocycles. The van der Waals surface area contributed by atoms with Gasteiger partial charge in [-0.3, -0.25) is 4.79 Å². The normalized spacial score (nSPS) is 15.3. The van der Waals surface area contributed by atoms with Crippen LogP contribution < -0.4 is 10.9 Å². The molecule has 1 aliphatic heterocycles. The van der Waals surface area contributed by atoms with Gasteiger partial charge < -0.3 is 9.84 Å². The van der Waals surface area contributed by atoms with Gasteiger partial charge in [0.2, 0.25) is 0 Å². The van der Waals surface area contributed by atoms with Gasteiger partial charge in [0.05, 0.1) is 5.56 Å². The molecule has 0 amide bonds. The van der Waals surface area contributed by atoms with Crippen molar-refractivity contribution in [1.82, 2.24) is 10.5 Å². The van der Waals surface area contributed by atoms with E-state index < -0.39 is 0 Å². The minimum atomic E-state index is -0.0912. The SMILES string of the molecule is Br.O=c1[nH]oc(C2CCNCC2)c1Cc1cccc2ccccc12. The molecule has 0 atom stereocenters. The number of hydrogen-bond donors (Lipinski definition) is 2. The van der Waals surface area contributed by atoms with E-state index in [-0.39, 0.29) is 22.5 Å². The summed E-state index contributed by atoms with van der Waals surface area (Å²) in [5.74, 6) is 1.18. The summed E-state index contributed by atoms with van der Waals surface area (Å²) < 4.78 is 5.55. The van der Waals surface area contributed by atoms with E-state index in [1.165, 1.54) is 16.3 Å². The van der Waals surface area contributed by atoms with E-state index in [0.717, 1.165) is 37.3 Å². The number of aromatic amines is 1. The third-order valence-electron chi connectivity index (χ3n) is 4.78. The zero-order valence-corrected chi connectivity index (χ0v) is 15.1. The topological polar surface area (TPSA) is 58.0 Å². The van der Waals surface area contributed by atoms with Crippen LogP contribution in [-0.2, 0) is 6.42 Å². The molecule has 0 unspecified atom stereocenters. The molecule has 0 saturated carbocycles. The molecular weight excluding hydrogens is 368 g/mol. The summed E-state index contributed by atoms with van der Waals surface area (Å²) in [5.41, 5.74) is 1.87. The number of hydrogen-bond acceptors (Lipinski definition) is 3. The van der Waals surface area contributed by atoms with Gasteiger partial charge in [0.15, 0.2) is 0 Å². The molecule has 1 aliphatic rings. The van der Waals surface area contributed by atoms with Crippen LogP contribution in [-0.4, -0.2) is 18.2 Å². The fourth-order valence-electron chi connectivity index (χ4n) is 3.55. The van der Waals surface area contributed by atoms with Crippen molar-refractivity contribution in [2.75, 3.05) is 13.1 Å². The van der Waals surface area contributed by atoms with E-state index >= 15 is 0 Å². The Bertz CT molecular complexity index is 873. The maximum atomic E-state index is 12.3. The summed E-state index contributed by atoms with van der Waals surface area (Å²) in [6, 6.07) is 14.6. The molecular formula is C19H21BrN2O2. The lowest BCUT2D eigenvalue weighted by molar-refractivity contribution is 0.324. The second-order valence-electron chi connectivity index (χ2n) is 6.22. The number of halogens is 1. The average Bonchev–Trinajstić information content (AvgIpc) is 2.97. The highest BCUT2D eigenvalue weighted by atomic mass is 79.9. The van der Waals surface area contributed by atoms with Gasteiger partial charge >= 0.3 is 0 Å². The number of H-pyrrole nitrogens is 1. The first kappa shape index (κ1) is 17.0. The van der Waals surface area contributed by atoms with Crippen LogP contribution >= 0.6 is 17.0 Å². The van der Waals surface area contributed by atoms with Gasteiger partial charge in [0.1, 0.15) is 5.76 Å². The second-order valence-corrected chi connectivity index (χ2v) is 6.22. The summed E-state index contributed by atoms with van der Waals surface area (Å²) in [6.45, 7) is 1.96. The Morgan fingerprint density at radius 1 is 1.04 bits per heavy atom. The van der Waals surface area contributed by atoms with Crippen LogP contribution in [0.15, 0.2) is 51.8 Å². The van der Waals surface area contributed by atoms with Gasteiger partial charge in [-0.2, -0.15) is 5.16 Å². The Morgan fingerprint density at radius 3 is 2.62 bits per heavy atom. The number of benzene rings is 2. The zero-order valence-electron chi connectivity index (χ0n) is 13.4. The molecule has 1 saturated heterocycles.